The standard InChI is InChI=1S/C19H17FN4O/c1-13-6-8-15(9-7-13)24-19(25)17-10-18(23-12-22-17)21-11-14-4-2-3-5-16(14)20/h2-10,12H,11H2,1H3,(H,24,25)(H,21,22,23). The number of aryl methyl sites for hydroxylation is 1. The summed E-state index contributed by atoms with van der Waals surface area (Å²) < 4.78 is 13.6. The van der Waals surface area contributed by atoms with Crippen LogP contribution in [0.1, 0.15) is 21.6 Å². The van der Waals surface area contributed by atoms with E-state index in [0.717, 1.165) is 5.56 Å². The summed E-state index contributed by atoms with van der Waals surface area (Å²) in [6.07, 6.45) is 1.30. The molecule has 1 amide bonds. The van der Waals surface area contributed by atoms with Gasteiger partial charge in [0.15, 0.2) is 0 Å². The first-order valence-electron chi connectivity index (χ1n) is 7.79. The zero-order valence-corrected chi connectivity index (χ0v) is 13.7. The van der Waals surface area contributed by atoms with Crippen LogP contribution < -0.4 is 10.6 Å². The molecule has 0 radical (unpaired) electrons. The minimum atomic E-state index is -0.333. The van der Waals surface area contributed by atoms with Crippen LogP contribution in [0.5, 0.6) is 0 Å². The molecule has 0 aliphatic rings. The summed E-state index contributed by atoms with van der Waals surface area (Å²) in [5.74, 6) is -0.172. The van der Waals surface area contributed by atoms with E-state index in [0.29, 0.717) is 17.1 Å². The van der Waals surface area contributed by atoms with Crippen LogP contribution in [-0.2, 0) is 6.54 Å². The molecule has 5 nitrogen and oxygen atoms in total. The largest absolute Gasteiger partial charge is 0.366 e. The van der Waals surface area contributed by atoms with Crippen molar-refractivity contribution in [3.8, 4) is 0 Å². The second-order valence-electron chi connectivity index (χ2n) is 5.55. The molecule has 3 rings (SSSR count). The summed E-state index contributed by atoms with van der Waals surface area (Å²) in [5, 5.41) is 5.78. The Bertz CT molecular complexity index is 881. The number of nitrogens with one attached hydrogen (secondary N) is 2. The Kier molecular flexibility index (Phi) is 4.99. The fraction of sp³-hybridized carbons (Fsp3) is 0.105. The molecule has 6 heteroatoms. The molecule has 0 fully saturated rings. The highest BCUT2D eigenvalue weighted by atomic mass is 19.1. The van der Waals surface area contributed by atoms with Crippen LogP contribution in [0.3, 0.4) is 0 Å². The number of nitrogens with zero attached hydrogens (tertiary/aromatic N) is 2. The fourth-order valence-corrected chi connectivity index (χ4v) is 2.24. The maximum absolute atomic E-state index is 13.6. The van der Waals surface area contributed by atoms with Crippen LogP contribution in [0, 0.1) is 12.7 Å². The van der Waals surface area contributed by atoms with E-state index < -0.39 is 0 Å². The van der Waals surface area contributed by atoms with Crippen molar-refractivity contribution in [1.82, 2.24) is 9.97 Å². The maximum atomic E-state index is 13.6. The van der Waals surface area contributed by atoms with E-state index in [1.54, 1.807) is 18.2 Å². The lowest BCUT2D eigenvalue weighted by Crippen LogP contribution is -2.14. The lowest BCUT2D eigenvalue weighted by Gasteiger charge is -2.08. The van der Waals surface area contributed by atoms with Gasteiger partial charge in [0, 0.05) is 23.9 Å². The van der Waals surface area contributed by atoms with Crippen LogP contribution in [0.15, 0.2) is 60.9 Å². The zero-order chi connectivity index (χ0) is 17.6. The van der Waals surface area contributed by atoms with Crippen molar-refractivity contribution in [3.63, 3.8) is 0 Å². The second-order valence-corrected chi connectivity index (χ2v) is 5.55. The van der Waals surface area contributed by atoms with Crippen molar-refractivity contribution in [2.45, 2.75) is 13.5 Å². The van der Waals surface area contributed by atoms with Crippen molar-refractivity contribution in [2.75, 3.05) is 10.6 Å². The third kappa shape index (κ3) is 4.38. The summed E-state index contributed by atoms with van der Waals surface area (Å²) in [6, 6.07) is 15.5. The van der Waals surface area contributed by atoms with Gasteiger partial charge in [-0.1, -0.05) is 35.9 Å². The number of amides is 1. The first-order chi connectivity index (χ1) is 12.1. The maximum Gasteiger partial charge on any atom is 0.274 e. The molecule has 1 aromatic heterocycles. The fourth-order valence-electron chi connectivity index (χ4n) is 2.24. The van der Waals surface area contributed by atoms with Gasteiger partial charge in [0.1, 0.15) is 23.7 Å². The topological polar surface area (TPSA) is 66.9 Å². The van der Waals surface area contributed by atoms with Crippen molar-refractivity contribution >= 4 is 17.4 Å². The van der Waals surface area contributed by atoms with E-state index >= 15 is 0 Å². The molecule has 0 bridgehead atoms. The number of benzene rings is 2. The molecule has 3 aromatic rings. The van der Waals surface area contributed by atoms with E-state index in [2.05, 4.69) is 20.6 Å². The highest BCUT2D eigenvalue weighted by Crippen LogP contribution is 2.13. The van der Waals surface area contributed by atoms with Crippen LogP contribution in [-0.4, -0.2) is 15.9 Å². The quantitative estimate of drug-likeness (QED) is 0.744. The van der Waals surface area contributed by atoms with Gasteiger partial charge in [-0.25, -0.2) is 14.4 Å². The Morgan fingerprint density at radius 2 is 1.84 bits per heavy atom. The molecule has 0 atom stereocenters. The van der Waals surface area contributed by atoms with E-state index in [1.807, 2.05) is 31.2 Å². The van der Waals surface area contributed by atoms with Crippen molar-refractivity contribution in [1.29, 1.82) is 0 Å². The van der Waals surface area contributed by atoms with Crippen LogP contribution in [0.2, 0.25) is 0 Å². The van der Waals surface area contributed by atoms with Crippen molar-refractivity contribution < 1.29 is 9.18 Å². The van der Waals surface area contributed by atoms with Crippen molar-refractivity contribution in [3.05, 3.63) is 83.6 Å². The average Bonchev–Trinajstić information content (AvgIpc) is 2.63. The lowest BCUT2D eigenvalue weighted by atomic mass is 10.2. The van der Waals surface area contributed by atoms with Gasteiger partial charge in [0.2, 0.25) is 0 Å². The van der Waals surface area contributed by atoms with Crippen LogP contribution in [0.4, 0.5) is 15.9 Å². The number of carbonyl (C=O) groups excluding carboxylic acids is 1. The SMILES string of the molecule is Cc1ccc(NC(=O)c2cc(NCc3ccccc3F)ncn2)cc1. The molecule has 0 aliphatic carbocycles. The van der Waals surface area contributed by atoms with Gasteiger partial charge in [-0.2, -0.15) is 0 Å². The number of hydrogen-bond donors (Lipinski definition) is 2. The average molecular weight is 336 g/mol. The molecule has 0 saturated carbocycles. The van der Waals surface area contributed by atoms with Gasteiger partial charge in [-0.3, -0.25) is 4.79 Å². The molecular weight excluding hydrogens is 319 g/mol. The van der Waals surface area contributed by atoms with Gasteiger partial charge in [-0.15, -0.1) is 0 Å². The zero-order valence-electron chi connectivity index (χ0n) is 13.7. The van der Waals surface area contributed by atoms with Crippen LogP contribution in [0.25, 0.3) is 0 Å². The predicted molar refractivity (Wildman–Crippen MR) is 94.9 cm³/mol. The highest BCUT2D eigenvalue weighted by molar-refractivity contribution is 6.03. The van der Waals surface area contributed by atoms with E-state index in [9.17, 15) is 9.18 Å². The molecule has 126 valence electrons. The third-order valence-electron chi connectivity index (χ3n) is 3.63. The van der Waals surface area contributed by atoms with Gasteiger partial charge < -0.3 is 10.6 Å². The Morgan fingerprint density at radius 1 is 1.08 bits per heavy atom. The Morgan fingerprint density at radius 3 is 2.60 bits per heavy atom. The monoisotopic (exact) mass is 336 g/mol. The minimum Gasteiger partial charge on any atom is -0.366 e. The first kappa shape index (κ1) is 16.6. The van der Waals surface area contributed by atoms with E-state index in [-0.39, 0.29) is 24.0 Å². The van der Waals surface area contributed by atoms with Crippen molar-refractivity contribution in [2.24, 2.45) is 0 Å². The normalized spacial score (nSPS) is 10.3. The Hall–Kier alpha value is -3.28. The lowest BCUT2D eigenvalue weighted by molar-refractivity contribution is 0.102. The molecule has 25 heavy (non-hydrogen) atoms. The van der Waals surface area contributed by atoms with Gasteiger partial charge in [0.05, 0.1) is 0 Å². The molecule has 0 aliphatic heterocycles. The van der Waals surface area contributed by atoms with E-state index in [4.69, 9.17) is 0 Å². The molecular formula is C19H17FN4O. The number of anilines is 2. The number of hydrogen-bond acceptors (Lipinski definition) is 4. The predicted octanol–water partition coefficient (Wildman–Crippen LogP) is 3.79. The van der Waals surface area contributed by atoms with Gasteiger partial charge in [0.25, 0.3) is 5.91 Å². The van der Waals surface area contributed by atoms with Gasteiger partial charge >= 0.3 is 0 Å². The first-order valence-corrected chi connectivity index (χ1v) is 7.79. The summed E-state index contributed by atoms with van der Waals surface area (Å²) in [6.45, 7) is 2.24. The Balaban J connectivity index is 1.67. The summed E-state index contributed by atoms with van der Waals surface area (Å²) in [7, 11) is 0. The minimum absolute atomic E-state index is 0.228. The third-order valence-corrected chi connectivity index (χ3v) is 3.63. The molecule has 0 saturated heterocycles. The summed E-state index contributed by atoms with van der Waals surface area (Å²) in [4.78, 5) is 20.3. The summed E-state index contributed by atoms with van der Waals surface area (Å²) in [5.41, 5.74) is 2.55. The highest BCUT2D eigenvalue weighted by Gasteiger charge is 2.09. The Labute approximate surface area is 145 Å². The molecule has 2 N–H and O–H groups in total. The number of aromatic nitrogens is 2. The molecule has 0 unspecified atom stereocenters. The summed E-state index contributed by atoms with van der Waals surface area (Å²) >= 11 is 0. The number of halogens is 1. The molecule has 2 aromatic carbocycles. The second kappa shape index (κ2) is 7.53. The number of carbonyl (C=O) groups is 1. The molecule has 0 spiro atoms. The van der Waals surface area contributed by atoms with E-state index in [1.165, 1.54) is 18.5 Å². The molecule has 1 heterocycles. The smallest absolute Gasteiger partial charge is 0.274 e. The van der Waals surface area contributed by atoms with Crippen LogP contribution >= 0.6 is 0 Å². The number of rotatable bonds is 5. The van der Waals surface area contributed by atoms with Gasteiger partial charge in [-0.05, 0) is 25.1 Å².